The van der Waals surface area contributed by atoms with Crippen LogP contribution in [0.4, 0.5) is 5.69 Å². The highest BCUT2D eigenvalue weighted by Crippen LogP contribution is 2.33. The Hall–Kier alpha value is -3.17. The van der Waals surface area contributed by atoms with E-state index in [0.717, 1.165) is 0 Å². The van der Waals surface area contributed by atoms with Crippen molar-refractivity contribution in [3.05, 3.63) is 69.8 Å². The number of methoxy groups -OCH3 is 2. The maximum absolute atomic E-state index is 13.2. The lowest BCUT2D eigenvalue weighted by Gasteiger charge is -2.17. The molecule has 0 bridgehead atoms. The van der Waals surface area contributed by atoms with E-state index in [1.807, 2.05) is 0 Å². The van der Waals surface area contributed by atoms with E-state index in [1.54, 1.807) is 53.7 Å². The minimum atomic E-state index is -4.17. The molecule has 0 saturated heterocycles. The van der Waals surface area contributed by atoms with Gasteiger partial charge < -0.3 is 9.47 Å². The predicted octanol–water partition coefficient (Wildman–Crippen LogP) is 4.04. The van der Waals surface area contributed by atoms with Gasteiger partial charge in [-0.3, -0.25) is 8.91 Å². The number of rotatable bonds is 12. The molecule has 0 amide bonds. The van der Waals surface area contributed by atoms with Crippen molar-refractivity contribution in [2.75, 3.05) is 32.1 Å². The summed E-state index contributed by atoms with van der Waals surface area (Å²) in [6.45, 7) is 9.37. The Labute approximate surface area is 248 Å². The van der Waals surface area contributed by atoms with Crippen molar-refractivity contribution in [2.45, 2.75) is 56.2 Å². The molecule has 3 rings (SSSR count). The molecule has 0 atom stereocenters. The molecule has 230 valence electrons. The molecule has 0 radical (unpaired) electrons. The zero-order chi connectivity index (χ0) is 31.6. The highest BCUT2D eigenvalue weighted by molar-refractivity contribution is 7.92. The van der Waals surface area contributed by atoms with Crippen molar-refractivity contribution < 1.29 is 38.9 Å². The molecule has 11 nitrogen and oxygen atoms in total. The van der Waals surface area contributed by atoms with Gasteiger partial charge in [-0.2, -0.15) is 8.42 Å². The lowest BCUT2D eigenvalue weighted by Crippen LogP contribution is -2.28. The molecular weight excluding hydrogens is 605 g/mol. The van der Waals surface area contributed by atoms with Crippen molar-refractivity contribution in [1.82, 2.24) is 4.72 Å². The zero-order valence-corrected chi connectivity index (χ0v) is 27.2. The highest BCUT2D eigenvalue weighted by Gasteiger charge is 2.25. The summed E-state index contributed by atoms with van der Waals surface area (Å²) in [7, 11) is -9.20. The lowest BCUT2D eigenvalue weighted by molar-refractivity contribution is 0.322. The fourth-order valence-electron chi connectivity index (χ4n) is 4.64. The van der Waals surface area contributed by atoms with Crippen LogP contribution in [-0.2, 0) is 34.3 Å². The third kappa shape index (κ3) is 6.89. The van der Waals surface area contributed by atoms with Crippen LogP contribution < -0.4 is 18.9 Å². The number of anilines is 1. The van der Waals surface area contributed by atoms with E-state index in [1.165, 1.54) is 38.5 Å². The molecule has 0 aromatic heterocycles. The van der Waals surface area contributed by atoms with Gasteiger partial charge >= 0.3 is 0 Å². The summed E-state index contributed by atoms with van der Waals surface area (Å²) >= 11 is 0. The van der Waals surface area contributed by atoms with E-state index >= 15 is 0 Å². The zero-order valence-electron chi connectivity index (χ0n) is 24.8. The summed E-state index contributed by atoms with van der Waals surface area (Å²) < 4.78 is 98.1. The van der Waals surface area contributed by atoms with Gasteiger partial charge in [-0.25, -0.2) is 21.6 Å². The maximum atomic E-state index is 13.2. The number of hydrogen-bond acceptors (Lipinski definition) is 9. The second-order valence-electron chi connectivity index (χ2n) is 9.75. The molecular formula is C28H36N2O9S3. The quantitative estimate of drug-likeness (QED) is 0.221. The summed E-state index contributed by atoms with van der Waals surface area (Å²) in [4.78, 5) is -0.0142. The van der Waals surface area contributed by atoms with Crippen LogP contribution >= 0.6 is 0 Å². The molecule has 3 aromatic rings. The van der Waals surface area contributed by atoms with E-state index in [0.29, 0.717) is 44.9 Å². The van der Waals surface area contributed by atoms with Crippen LogP contribution in [0.2, 0.25) is 0 Å². The van der Waals surface area contributed by atoms with E-state index in [9.17, 15) is 25.3 Å². The number of nitrogens with one attached hydrogen (secondary N) is 2. The van der Waals surface area contributed by atoms with Crippen LogP contribution in [0.1, 0.15) is 33.4 Å². The number of benzene rings is 3. The molecule has 14 heteroatoms. The van der Waals surface area contributed by atoms with Gasteiger partial charge in [0.15, 0.2) is 0 Å². The van der Waals surface area contributed by atoms with Gasteiger partial charge in [-0.15, -0.1) is 0 Å². The van der Waals surface area contributed by atoms with Crippen LogP contribution in [0.25, 0.3) is 0 Å². The summed E-state index contributed by atoms with van der Waals surface area (Å²) in [5.41, 5.74) is 3.48. The average Bonchev–Trinajstić information content (AvgIpc) is 2.90. The first kappa shape index (κ1) is 33.3. The van der Waals surface area contributed by atoms with E-state index in [2.05, 4.69) is 9.44 Å². The third-order valence-corrected chi connectivity index (χ3v) is 11.7. The standard InChI is InChI=1S/C28H36N2O9S3/c1-17-15-25(37-7)19(3)21(5)27(17)41(33,34)30-23-9-11-24(12-10-23)40(31,32)29-13-14-39-42(35,36)28-18(2)16-26(38-8)20(4)22(28)6/h9-12,15-16,29-30H,13-14H2,1-8H3. The molecule has 0 heterocycles. The monoisotopic (exact) mass is 640 g/mol. The van der Waals surface area contributed by atoms with Gasteiger partial charge in [0.05, 0.1) is 30.6 Å². The summed E-state index contributed by atoms with van der Waals surface area (Å²) in [5, 5.41) is 0. The van der Waals surface area contributed by atoms with Crippen LogP contribution in [0.5, 0.6) is 11.5 Å². The van der Waals surface area contributed by atoms with Crippen molar-refractivity contribution in [3.8, 4) is 11.5 Å². The minimum absolute atomic E-state index is 0.0110. The SMILES string of the molecule is COc1cc(C)c(S(=O)(=O)Nc2ccc(S(=O)(=O)NCCOS(=O)(=O)c3c(C)cc(OC)c(C)c3C)cc2)c(C)c1C. The molecule has 0 aliphatic carbocycles. The minimum Gasteiger partial charge on any atom is -0.496 e. The van der Waals surface area contributed by atoms with Crippen LogP contribution in [0.15, 0.2) is 51.1 Å². The lowest BCUT2D eigenvalue weighted by atomic mass is 10.1. The Morgan fingerprint density at radius 2 is 1.12 bits per heavy atom. The van der Waals surface area contributed by atoms with Gasteiger partial charge in [0.1, 0.15) is 16.4 Å². The maximum Gasteiger partial charge on any atom is 0.297 e. The fraction of sp³-hybridized carbons (Fsp3) is 0.357. The average molecular weight is 641 g/mol. The molecule has 0 spiro atoms. The number of sulfonamides is 2. The van der Waals surface area contributed by atoms with Crippen molar-refractivity contribution in [2.24, 2.45) is 0 Å². The van der Waals surface area contributed by atoms with Gasteiger partial charge in [-0.1, -0.05) is 0 Å². The molecule has 0 aliphatic rings. The Morgan fingerprint density at radius 1 is 0.643 bits per heavy atom. The van der Waals surface area contributed by atoms with Crippen molar-refractivity contribution >= 4 is 35.9 Å². The van der Waals surface area contributed by atoms with Gasteiger partial charge in [0.2, 0.25) is 10.0 Å². The number of ether oxygens (including phenoxy) is 2. The summed E-state index contributed by atoms with van der Waals surface area (Å²) in [5.74, 6) is 1.13. The van der Waals surface area contributed by atoms with Gasteiger partial charge in [-0.05, 0) is 111 Å². The first-order chi connectivity index (χ1) is 19.5. The predicted molar refractivity (Wildman–Crippen MR) is 160 cm³/mol. The first-order valence-corrected chi connectivity index (χ1v) is 17.2. The van der Waals surface area contributed by atoms with Crippen LogP contribution in [-0.4, -0.2) is 52.6 Å². The second-order valence-corrected chi connectivity index (χ2v) is 14.7. The van der Waals surface area contributed by atoms with Gasteiger partial charge in [0, 0.05) is 12.2 Å². The van der Waals surface area contributed by atoms with Gasteiger partial charge in [0.25, 0.3) is 20.1 Å². The van der Waals surface area contributed by atoms with Crippen molar-refractivity contribution in [1.29, 1.82) is 0 Å². The highest BCUT2D eigenvalue weighted by atomic mass is 32.2. The second kappa shape index (κ2) is 12.6. The molecule has 0 unspecified atom stereocenters. The number of hydrogen-bond donors (Lipinski definition) is 2. The summed E-state index contributed by atoms with van der Waals surface area (Å²) in [6.07, 6.45) is 0. The Kier molecular flexibility index (Phi) is 10.00. The normalized spacial score (nSPS) is 12.3. The molecule has 0 fully saturated rings. The topological polar surface area (TPSA) is 154 Å². The third-order valence-electron chi connectivity index (χ3n) is 6.96. The largest absolute Gasteiger partial charge is 0.496 e. The Morgan fingerprint density at radius 3 is 1.62 bits per heavy atom. The van der Waals surface area contributed by atoms with E-state index < -0.39 is 36.8 Å². The molecule has 0 aliphatic heterocycles. The molecule has 2 N–H and O–H groups in total. The first-order valence-electron chi connectivity index (χ1n) is 12.8. The van der Waals surface area contributed by atoms with E-state index in [-0.39, 0.29) is 26.9 Å². The van der Waals surface area contributed by atoms with E-state index in [4.69, 9.17) is 13.7 Å². The Balaban J connectivity index is 1.69. The smallest absolute Gasteiger partial charge is 0.297 e. The van der Waals surface area contributed by atoms with Crippen LogP contribution in [0.3, 0.4) is 0 Å². The molecule has 0 saturated carbocycles. The van der Waals surface area contributed by atoms with Crippen molar-refractivity contribution in [3.63, 3.8) is 0 Å². The molecule has 42 heavy (non-hydrogen) atoms. The molecule has 3 aromatic carbocycles. The van der Waals surface area contributed by atoms with Crippen LogP contribution in [0, 0.1) is 41.5 Å². The fourth-order valence-corrected chi connectivity index (χ4v) is 8.65. The summed E-state index contributed by atoms with van der Waals surface area (Å²) in [6, 6.07) is 8.38. The Bertz CT molecular complexity index is 1820. The number of aryl methyl sites for hydroxylation is 2.